The molecule has 5 nitrogen and oxygen atoms in total. The molecule has 1 aliphatic heterocycles. The molecule has 0 saturated carbocycles. The molecule has 2 aromatic carbocycles. The monoisotopic (exact) mass is 360 g/mol. The molecule has 0 unspecified atom stereocenters. The summed E-state index contributed by atoms with van der Waals surface area (Å²) in [5.41, 5.74) is 4.80. The van der Waals surface area contributed by atoms with Crippen molar-refractivity contribution in [3.8, 4) is 0 Å². The summed E-state index contributed by atoms with van der Waals surface area (Å²) < 4.78 is 4.95. The van der Waals surface area contributed by atoms with Crippen LogP contribution >= 0.6 is 0 Å². The summed E-state index contributed by atoms with van der Waals surface area (Å²) >= 11 is 0. The molecule has 0 radical (unpaired) electrons. The molecule has 0 saturated heterocycles. The summed E-state index contributed by atoms with van der Waals surface area (Å²) in [5, 5.41) is 8.78. The average Bonchev–Trinajstić information content (AvgIpc) is 3.40. The van der Waals surface area contributed by atoms with E-state index >= 15 is 0 Å². The Morgan fingerprint density at radius 2 is 1.96 bits per heavy atom. The second kappa shape index (κ2) is 5.84. The van der Waals surface area contributed by atoms with E-state index in [0.29, 0.717) is 18.5 Å². The molecule has 3 aliphatic rings. The molecule has 0 fully saturated rings. The molecule has 2 atom stereocenters. The molecule has 0 bridgehead atoms. The summed E-state index contributed by atoms with van der Waals surface area (Å²) in [6.07, 6.45) is 3.65. The maximum absolute atomic E-state index is 13.6. The van der Waals surface area contributed by atoms with Gasteiger partial charge in [-0.05, 0) is 47.6 Å². The molecule has 0 N–H and O–H groups in total. The standard InChI is InChI=1S/C22H20N2O3/c1-27-21(26)17-7-3-2-6-16(17)18-12-23-24-22(18)11-14-10-9-13-5-4-8-15(13)19(14)20(22)25/h2-3,6-7,9-10,18H,4-5,8,11-12H2,1H3/t18-,22-/m0/s1. The van der Waals surface area contributed by atoms with Crippen LogP contribution in [-0.2, 0) is 24.0 Å². The first-order valence-electron chi connectivity index (χ1n) is 9.40. The second-order valence-corrected chi connectivity index (χ2v) is 7.58. The van der Waals surface area contributed by atoms with Gasteiger partial charge in [-0.3, -0.25) is 4.79 Å². The Morgan fingerprint density at radius 3 is 2.81 bits per heavy atom. The Labute approximate surface area is 157 Å². The molecule has 2 aromatic rings. The van der Waals surface area contributed by atoms with Gasteiger partial charge in [-0.15, -0.1) is 0 Å². The van der Waals surface area contributed by atoms with Gasteiger partial charge >= 0.3 is 5.97 Å². The average molecular weight is 360 g/mol. The number of carbonyl (C=O) groups is 2. The molecule has 5 heteroatoms. The van der Waals surface area contributed by atoms with Crippen LogP contribution in [0.25, 0.3) is 0 Å². The lowest BCUT2D eigenvalue weighted by molar-refractivity contribution is 0.0597. The lowest BCUT2D eigenvalue weighted by Gasteiger charge is -2.27. The quantitative estimate of drug-likeness (QED) is 0.767. The zero-order valence-corrected chi connectivity index (χ0v) is 15.2. The molecule has 5 rings (SSSR count). The summed E-state index contributed by atoms with van der Waals surface area (Å²) in [5.74, 6) is -0.566. The van der Waals surface area contributed by atoms with Crippen LogP contribution in [0.3, 0.4) is 0 Å². The van der Waals surface area contributed by atoms with Gasteiger partial charge in [0.05, 0.1) is 19.2 Å². The molecule has 1 heterocycles. The number of fused-ring (bicyclic) bond motifs is 3. The first-order chi connectivity index (χ1) is 13.2. The van der Waals surface area contributed by atoms with E-state index in [9.17, 15) is 9.59 Å². The number of Topliss-reactive ketones (excluding diaryl/α,β-unsaturated/α-hetero) is 1. The van der Waals surface area contributed by atoms with Gasteiger partial charge in [-0.25, -0.2) is 4.79 Å². The van der Waals surface area contributed by atoms with Gasteiger partial charge in [0.2, 0.25) is 0 Å². The van der Waals surface area contributed by atoms with Crippen LogP contribution in [0.15, 0.2) is 46.6 Å². The Morgan fingerprint density at radius 1 is 1.15 bits per heavy atom. The number of esters is 1. The number of carbonyl (C=O) groups excluding carboxylic acids is 2. The van der Waals surface area contributed by atoms with Crippen molar-refractivity contribution in [3.05, 3.63) is 69.8 Å². The van der Waals surface area contributed by atoms with Gasteiger partial charge in [0, 0.05) is 17.9 Å². The van der Waals surface area contributed by atoms with Crippen LogP contribution in [-0.4, -0.2) is 30.9 Å². The van der Waals surface area contributed by atoms with E-state index in [-0.39, 0.29) is 11.7 Å². The summed E-state index contributed by atoms with van der Waals surface area (Å²) in [7, 11) is 1.37. The summed E-state index contributed by atoms with van der Waals surface area (Å²) in [6.45, 7) is 0.413. The number of hydrogen-bond acceptors (Lipinski definition) is 5. The van der Waals surface area contributed by atoms with Crippen LogP contribution < -0.4 is 0 Å². The zero-order valence-electron chi connectivity index (χ0n) is 15.2. The SMILES string of the molecule is COC(=O)c1ccccc1[C@@H]1CN=N[C@@]12Cc1ccc3c(c1C2=O)CCC3. The lowest BCUT2D eigenvalue weighted by Crippen LogP contribution is -2.39. The van der Waals surface area contributed by atoms with Gasteiger partial charge in [-0.2, -0.15) is 10.2 Å². The number of ether oxygens (including phenoxy) is 1. The van der Waals surface area contributed by atoms with Crippen LogP contribution in [0.1, 0.15) is 55.3 Å². The highest BCUT2D eigenvalue weighted by atomic mass is 16.5. The number of aryl methyl sites for hydroxylation is 1. The molecule has 27 heavy (non-hydrogen) atoms. The molecule has 1 spiro atoms. The Balaban J connectivity index is 1.63. The van der Waals surface area contributed by atoms with E-state index in [1.165, 1.54) is 18.2 Å². The van der Waals surface area contributed by atoms with Crippen LogP contribution in [0.4, 0.5) is 0 Å². The van der Waals surface area contributed by atoms with Crippen LogP contribution in [0.5, 0.6) is 0 Å². The van der Waals surface area contributed by atoms with E-state index < -0.39 is 11.5 Å². The normalized spacial score (nSPS) is 25.1. The predicted molar refractivity (Wildman–Crippen MR) is 99.5 cm³/mol. The van der Waals surface area contributed by atoms with Crippen molar-refractivity contribution >= 4 is 11.8 Å². The number of benzene rings is 2. The Bertz CT molecular complexity index is 1010. The molecule has 0 amide bonds. The number of azo groups is 1. The maximum atomic E-state index is 13.6. The van der Waals surface area contributed by atoms with E-state index in [0.717, 1.165) is 36.0 Å². The van der Waals surface area contributed by atoms with Crippen molar-refractivity contribution < 1.29 is 14.3 Å². The Kier molecular flexibility index (Phi) is 3.54. The maximum Gasteiger partial charge on any atom is 0.338 e. The van der Waals surface area contributed by atoms with Gasteiger partial charge in [-0.1, -0.05) is 30.3 Å². The van der Waals surface area contributed by atoms with E-state index in [1.54, 1.807) is 6.07 Å². The third-order valence-electron chi connectivity index (χ3n) is 6.28. The van der Waals surface area contributed by atoms with E-state index in [2.05, 4.69) is 22.4 Å². The van der Waals surface area contributed by atoms with Crippen molar-refractivity contribution in [3.63, 3.8) is 0 Å². The topological polar surface area (TPSA) is 68.1 Å². The number of methoxy groups -OCH3 is 1. The first kappa shape index (κ1) is 16.4. The smallest absolute Gasteiger partial charge is 0.338 e. The zero-order chi connectivity index (χ0) is 18.6. The van der Waals surface area contributed by atoms with E-state index in [1.807, 2.05) is 18.2 Å². The van der Waals surface area contributed by atoms with Crippen molar-refractivity contribution in [1.29, 1.82) is 0 Å². The first-order valence-corrected chi connectivity index (χ1v) is 9.40. The largest absolute Gasteiger partial charge is 0.465 e. The Hall–Kier alpha value is -2.82. The van der Waals surface area contributed by atoms with Gasteiger partial charge in [0.25, 0.3) is 0 Å². The number of ketones is 1. The fourth-order valence-corrected chi connectivity index (χ4v) is 5.02. The molecule has 0 aromatic heterocycles. The number of hydrogen-bond donors (Lipinski definition) is 0. The molecule has 136 valence electrons. The van der Waals surface area contributed by atoms with Crippen molar-refractivity contribution in [2.45, 2.75) is 37.1 Å². The summed E-state index contributed by atoms with van der Waals surface area (Å²) in [6, 6.07) is 11.6. The predicted octanol–water partition coefficient (Wildman–Crippen LogP) is 3.69. The van der Waals surface area contributed by atoms with Crippen molar-refractivity contribution in [2.75, 3.05) is 13.7 Å². The molecular weight excluding hydrogens is 340 g/mol. The minimum absolute atomic E-state index is 0.0715. The highest BCUT2D eigenvalue weighted by Crippen LogP contribution is 2.49. The summed E-state index contributed by atoms with van der Waals surface area (Å²) in [4.78, 5) is 25.9. The number of nitrogens with zero attached hydrogens (tertiary/aromatic N) is 2. The second-order valence-electron chi connectivity index (χ2n) is 7.58. The van der Waals surface area contributed by atoms with Crippen LogP contribution in [0, 0.1) is 0 Å². The van der Waals surface area contributed by atoms with Crippen LogP contribution in [0.2, 0.25) is 0 Å². The fourth-order valence-electron chi connectivity index (χ4n) is 5.02. The third kappa shape index (κ3) is 2.17. The fraction of sp³-hybridized carbons (Fsp3) is 0.364. The highest BCUT2D eigenvalue weighted by Gasteiger charge is 2.56. The third-order valence-corrected chi connectivity index (χ3v) is 6.28. The van der Waals surface area contributed by atoms with Gasteiger partial charge < -0.3 is 4.74 Å². The number of rotatable bonds is 2. The highest BCUT2D eigenvalue weighted by molar-refractivity contribution is 6.10. The molecule has 2 aliphatic carbocycles. The van der Waals surface area contributed by atoms with Gasteiger partial charge in [0.1, 0.15) is 0 Å². The van der Waals surface area contributed by atoms with E-state index in [4.69, 9.17) is 4.74 Å². The molecular formula is C22H20N2O3. The lowest BCUT2D eigenvalue weighted by atomic mass is 9.76. The minimum Gasteiger partial charge on any atom is -0.465 e. The van der Waals surface area contributed by atoms with Crippen molar-refractivity contribution in [2.24, 2.45) is 10.2 Å². The van der Waals surface area contributed by atoms with Gasteiger partial charge in [0.15, 0.2) is 11.3 Å². The minimum atomic E-state index is -0.926. The van der Waals surface area contributed by atoms with Crippen molar-refractivity contribution in [1.82, 2.24) is 0 Å².